The van der Waals surface area contributed by atoms with Crippen molar-refractivity contribution in [2.75, 3.05) is 26.7 Å². The van der Waals surface area contributed by atoms with Gasteiger partial charge >= 0.3 is 0 Å². The minimum atomic E-state index is -0.425. The van der Waals surface area contributed by atoms with Crippen LogP contribution in [0.3, 0.4) is 0 Å². The van der Waals surface area contributed by atoms with E-state index in [9.17, 15) is 9.59 Å². The largest absolute Gasteiger partial charge is 0.368 e. The zero-order chi connectivity index (χ0) is 13.3. The van der Waals surface area contributed by atoms with Gasteiger partial charge in [0.05, 0.1) is 0 Å². The number of amides is 2. The van der Waals surface area contributed by atoms with E-state index in [2.05, 4.69) is 5.10 Å². The fourth-order valence-corrected chi connectivity index (χ4v) is 2.06. The maximum Gasteiger partial charge on any atom is 0.274 e. The number of nitrogens with two attached hydrogens (primary N) is 1. The highest BCUT2D eigenvalue weighted by Gasteiger charge is 2.31. The van der Waals surface area contributed by atoms with Gasteiger partial charge in [-0.2, -0.15) is 5.10 Å². The molecule has 1 aliphatic rings. The molecule has 0 aromatic carbocycles. The molecular formula is C11H17N5O2. The topological polar surface area (TPSA) is 84.5 Å². The predicted octanol–water partition coefficient (Wildman–Crippen LogP) is -1.34. The summed E-state index contributed by atoms with van der Waals surface area (Å²) in [6.07, 6.45) is 1.72. The van der Waals surface area contributed by atoms with Crippen LogP contribution in [-0.4, -0.2) is 64.1 Å². The van der Waals surface area contributed by atoms with Crippen LogP contribution in [0.4, 0.5) is 0 Å². The highest BCUT2D eigenvalue weighted by atomic mass is 16.2. The summed E-state index contributed by atoms with van der Waals surface area (Å²) < 4.78 is 1.58. The molecule has 1 fully saturated rings. The van der Waals surface area contributed by atoms with Crippen LogP contribution in [0.5, 0.6) is 0 Å². The minimum absolute atomic E-state index is 0.157. The maximum absolute atomic E-state index is 12.2. The molecule has 1 saturated heterocycles. The molecule has 2 heterocycles. The van der Waals surface area contributed by atoms with Gasteiger partial charge in [0, 0.05) is 32.9 Å². The van der Waals surface area contributed by atoms with E-state index < -0.39 is 11.9 Å². The molecule has 18 heavy (non-hydrogen) atoms. The van der Waals surface area contributed by atoms with Gasteiger partial charge in [0.25, 0.3) is 5.91 Å². The van der Waals surface area contributed by atoms with Gasteiger partial charge in [0.1, 0.15) is 11.7 Å². The average Bonchev–Trinajstić information content (AvgIpc) is 2.75. The number of hydrogen-bond acceptors (Lipinski definition) is 4. The number of aryl methyl sites for hydroxylation is 1. The molecule has 1 aliphatic heterocycles. The van der Waals surface area contributed by atoms with Gasteiger partial charge in [-0.05, 0) is 13.1 Å². The van der Waals surface area contributed by atoms with Gasteiger partial charge in [-0.3, -0.25) is 19.2 Å². The molecule has 0 aliphatic carbocycles. The number of hydrogen-bond donors (Lipinski definition) is 1. The molecule has 0 spiro atoms. The monoisotopic (exact) mass is 251 g/mol. The first-order chi connectivity index (χ1) is 8.49. The van der Waals surface area contributed by atoms with Gasteiger partial charge in [-0.25, -0.2) is 0 Å². The Hall–Kier alpha value is -1.89. The summed E-state index contributed by atoms with van der Waals surface area (Å²) >= 11 is 0. The van der Waals surface area contributed by atoms with Crippen molar-refractivity contribution in [1.82, 2.24) is 19.6 Å². The molecule has 0 bridgehead atoms. The second-order valence-corrected chi connectivity index (χ2v) is 4.52. The molecule has 0 radical (unpaired) electrons. The summed E-state index contributed by atoms with van der Waals surface area (Å²) in [7, 11) is 3.59. The van der Waals surface area contributed by atoms with Crippen molar-refractivity contribution in [1.29, 1.82) is 0 Å². The lowest BCUT2D eigenvalue weighted by molar-refractivity contribution is -0.124. The number of piperazine rings is 1. The molecule has 2 amide bonds. The van der Waals surface area contributed by atoms with Gasteiger partial charge in [-0.15, -0.1) is 0 Å². The summed E-state index contributed by atoms with van der Waals surface area (Å²) in [5.41, 5.74) is 5.72. The van der Waals surface area contributed by atoms with Crippen molar-refractivity contribution < 1.29 is 9.59 Å². The van der Waals surface area contributed by atoms with Gasteiger partial charge in [-0.1, -0.05) is 0 Å². The molecule has 1 aromatic rings. The van der Waals surface area contributed by atoms with Crippen LogP contribution in [0.15, 0.2) is 12.3 Å². The van der Waals surface area contributed by atoms with Gasteiger partial charge in [0.2, 0.25) is 5.91 Å². The van der Waals surface area contributed by atoms with Crippen molar-refractivity contribution in [3.63, 3.8) is 0 Å². The number of rotatable bonds is 2. The van der Waals surface area contributed by atoms with E-state index in [0.29, 0.717) is 25.3 Å². The number of aromatic nitrogens is 2. The predicted molar refractivity (Wildman–Crippen MR) is 64.7 cm³/mol. The molecule has 0 unspecified atom stereocenters. The Kier molecular flexibility index (Phi) is 3.33. The zero-order valence-electron chi connectivity index (χ0n) is 10.5. The van der Waals surface area contributed by atoms with Gasteiger partial charge in [0.15, 0.2) is 0 Å². The molecule has 2 rings (SSSR count). The van der Waals surface area contributed by atoms with Crippen molar-refractivity contribution in [3.05, 3.63) is 18.0 Å². The lowest BCUT2D eigenvalue weighted by Crippen LogP contribution is -2.57. The third-order valence-corrected chi connectivity index (χ3v) is 3.20. The van der Waals surface area contributed by atoms with E-state index in [-0.39, 0.29) is 5.91 Å². The maximum atomic E-state index is 12.2. The Balaban J connectivity index is 2.10. The Bertz CT molecular complexity index is 470. The van der Waals surface area contributed by atoms with Crippen molar-refractivity contribution in [2.24, 2.45) is 12.8 Å². The smallest absolute Gasteiger partial charge is 0.274 e. The van der Waals surface area contributed by atoms with E-state index in [1.54, 1.807) is 28.9 Å². The average molecular weight is 251 g/mol. The SMILES string of the molecule is CN1CCN(C(=O)c2ccn(C)n2)C[C@@H]1C(N)=O. The van der Waals surface area contributed by atoms with E-state index in [1.165, 1.54) is 0 Å². The Labute approximate surface area is 105 Å². The van der Waals surface area contributed by atoms with E-state index >= 15 is 0 Å². The second-order valence-electron chi connectivity index (χ2n) is 4.52. The van der Waals surface area contributed by atoms with E-state index in [4.69, 9.17) is 5.73 Å². The van der Waals surface area contributed by atoms with Crippen LogP contribution in [0, 0.1) is 0 Å². The fraction of sp³-hybridized carbons (Fsp3) is 0.545. The molecule has 7 heteroatoms. The highest BCUT2D eigenvalue weighted by Crippen LogP contribution is 2.10. The summed E-state index contributed by atoms with van der Waals surface area (Å²) in [4.78, 5) is 27.0. The van der Waals surface area contributed by atoms with Crippen molar-refractivity contribution in [3.8, 4) is 0 Å². The summed E-state index contributed by atoms with van der Waals surface area (Å²) in [5, 5.41) is 4.07. The second kappa shape index (κ2) is 4.77. The van der Waals surface area contributed by atoms with Crippen LogP contribution >= 0.6 is 0 Å². The molecule has 2 N–H and O–H groups in total. The molecule has 1 atom stereocenters. The number of carbonyl (C=O) groups excluding carboxylic acids is 2. The van der Waals surface area contributed by atoms with Crippen LogP contribution in [0.25, 0.3) is 0 Å². The quantitative estimate of drug-likeness (QED) is 0.705. The number of carbonyl (C=O) groups is 2. The first-order valence-electron chi connectivity index (χ1n) is 5.77. The zero-order valence-corrected chi connectivity index (χ0v) is 10.5. The van der Waals surface area contributed by atoms with Crippen LogP contribution in [0.1, 0.15) is 10.5 Å². The molecule has 98 valence electrons. The first kappa shape index (κ1) is 12.6. The van der Waals surface area contributed by atoms with Gasteiger partial charge < -0.3 is 10.6 Å². The molecule has 7 nitrogen and oxygen atoms in total. The highest BCUT2D eigenvalue weighted by molar-refractivity contribution is 5.93. The Morgan fingerprint density at radius 1 is 1.39 bits per heavy atom. The fourth-order valence-electron chi connectivity index (χ4n) is 2.06. The molecular weight excluding hydrogens is 234 g/mol. The Morgan fingerprint density at radius 3 is 2.67 bits per heavy atom. The third kappa shape index (κ3) is 2.35. The lowest BCUT2D eigenvalue weighted by atomic mass is 10.1. The standard InChI is InChI=1S/C11H17N5O2/c1-14-5-6-16(7-9(14)10(12)17)11(18)8-3-4-15(2)13-8/h3-4,9H,5-7H2,1-2H3,(H2,12,17)/t9-/m1/s1. The van der Waals surface area contributed by atoms with Crippen molar-refractivity contribution >= 4 is 11.8 Å². The Morgan fingerprint density at radius 2 is 2.11 bits per heavy atom. The van der Waals surface area contributed by atoms with Crippen LogP contribution < -0.4 is 5.73 Å². The third-order valence-electron chi connectivity index (χ3n) is 3.20. The van der Waals surface area contributed by atoms with Crippen molar-refractivity contribution in [2.45, 2.75) is 6.04 Å². The van der Waals surface area contributed by atoms with Crippen LogP contribution in [0.2, 0.25) is 0 Å². The summed E-state index contributed by atoms with van der Waals surface area (Å²) in [5.74, 6) is -0.564. The summed E-state index contributed by atoms with van der Waals surface area (Å²) in [6, 6.07) is 1.24. The number of nitrogens with zero attached hydrogens (tertiary/aromatic N) is 4. The van der Waals surface area contributed by atoms with E-state index in [1.807, 2.05) is 11.9 Å². The number of likely N-dealkylation sites (N-methyl/N-ethyl adjacent to an activating group) is 1. The number of primary amides is 1. The lowest BCUT2D eigenvalue weighted by Gasteiger charge is -2.37. The molecule has 1 aromatic heterocycles. The van der Waals surface area contributed by atoms with Crippen LogP contribution in [-0.2, 0) is 11.8 Å². The minimum Gasteiger partial charge on any atom is -0.368 e. The normalized spacial score (nSPS) is 21.0. The molecule has 0 saturated carbocycles. The first-order valence-corrected chi connectivity index (χ1v) is 5.77. The summed E-state index contributed by atoms with van der Waals surface area (Å²) in [6.45, 7) is 1.53. The van der Waals surface area contributed by atoms with E-state index in [0.717, 1.165) is 0 Å².